The van der Waals surface area contributed by atoms with E-state index in [1.54, 1.807) is 24.0 Å². The molecule has 3 aromatic heterocycles. The number of hydrogen-bond acceptors (Lipinski definition) is 6. The minimum absolute atomic E-state index is 0.123. The van der Waals surface area contributed by atoms with Crippen LogP contribution in [0.4, 0.5) is 8.78 Å². The Labute approximate surface area is 187 Å². The van der Waals surface area contributed by atoms with Crippen LogP contribution in [-0.2, 0) is 13.6 Å². The van der Waals surface area contributed by atoms with Crippen LogP contribution in [0.3, 0.4) is 0 Å². The summed E-state index contributed by atoms with van der Waals surface area (Å²) in [5.74, 6) is -0.0363. The Bertz CT molecular complexity index is 1440. The number of imidazole rings is 1. The molecule has 3 unspecified atom stereocenters. The third-order valence-electron chi connectivity index (χ3n) is 6.16. The highest BCUT2D eigenvalue weighted by atomic mass is 19.2. The third kappa shape index (κ3) is 3.55. The highest BCUT2D eigenvalue weighted by Gasteiger charge is 2.55. The van der Waals surface area contributed by atoms with Crippen LogP contribution < -0.4 is 5.56 Å². The lowest BCUT2D eigenvalue weighted by Crippen LogP contribution is -2.22. The molecule has 33 heavy (non-hydrogen) atoms. The minimum atomic E-state index is -0.846. The topological polar surface area (TPSA) is 91.6 Å². The van der Waals surface area contributed by atoms with Crippen molar-refractivity contribution in [2.75, 3.05) is 0 Å². The SMILES string of the molecule is CC.Cn1cnc2ncn(Cc3nc(C4C5C=C(c6ccc(F)c(F)c6)CC54)no3)c(=O)c21. The first kappa shape index (κ1) is 21.2. The van der Waals surface area contributed by atoms with E-state index in [2.05, 4.69) is 26.2 Å². The molecule has 6 rings (SSSR count). The summed E-state index contributed by atoms with van der Waals surface area (Å²) in [5, 5.41) is 4.10. The second kappa shape index (κ2) is 8.02. The number of rotatable bonds is 4. The van der Waals surface area contributed by atoms with E-state index in [1.807, 2.05) is 13.8 Å². The van der Waals surface area contributed by atoms with Crippen molar-refractivity contribution in [3.8, 4) is 0 Å². The average Bonchev–Trinajstić information content (AvgIpc) is 3.23. The van der Waals surface area contributed by atoms with Crippen molar-refractivity contribution in [3.05, 3.63) is 76.2 Å². The molecule has 1 fully saturated rings. The number of hydrogen-bond donors (Lipinski definition) is 0. The summed E-state index contributed by atoms with van der Waals surface area (Å²) < 4.78 is 35.1. The molecule has 4 aromatic rings. The van der Waals surface area contributed by atoms with E-state index in [9.17, 15) is 13.6 Å². The van der Waals surface area contributed by atoms with Gasteiger partial charge >= 0.3 is 0 Å². The summed E-state index contributed by atoms with van der Waals surface area (Å²) >= 11 is 0. The predicted octanol–water partition coefficient (Wildman–Crippen LogP) is 3.68. The Hall–Kier alpha value is -3.69. The number of aryl methyl sites for hydroxylation is 1. The zero-order valence-corrected chi connectivity index (χ0v) is 18.4. The van der Waals surface area contributed by atoms with Crippen LogP contribution in [0.25, 0.3) is 16.7 Å². The fraction of sp³-hybridized carbons (Fsp3) is 0.348. The number of allylic oxidation sites excluding steroid dienone is 2. The minimum Gasteiger partial charge on any atom is -0.337 e. The van der Waals surface area contributed by atoms with Gasteiger partial charge in [0.25, 0.3) is 5.56 Å². The number of fused-ring (bicyclic) bond motifs is 2. The van der Waals surface area contributed by atoms with Gasteiger partial charge in [-0.05, 0) is 41.5 Å². The van der Waals surface area contributed by atoms with E-state index in [0.717, 1.165) is 18.1 Å². The molecule has 3 heterocycles. The normalized spacial score (nSPS) is 20.9. The zero-order valence-electron chi connectivity index (χ0n) is 18.4. The monoisotopic (exact) mass is 452 g/mol. The number of halogens is 2. The van der Waals surface area contributed by atoms with Gasteiger partial charge in [-0.25, -0.2) is 18.7 Å². The molecule has 2 aliphatic carbocycles. The molecule has 0 bridgehead atoms. The molecule has 0 amide bonds. The van der Waals surface area contributed by atoms with E-state index >= 15 is 0 Å². The van der Waals surface area contributed by atoms with Gasteiger partial charge in [0.2, 0.25) is 5.89 Å². The fourth-order valence-electron chi connectivity index (χ4n) is 4.52. The second-order valence-corrected chi connectivity index (χ2v) is 8.04. The van der Waals surface area contributed by atoms with Crippen LogP contribution in [0.5, 0.6) is 0 Å². The first-order valence-electron chi connectivity index (χ1n) is 10.8. The standard InChI is InChI=1S/C21H16F2N6O2.C2H6/c1-28-8-24-20-18(28)21(30)29(9-25-20)7-16-26-19(27-31-16)17-12-4-11(5-13(12)17)10-2-3-14(22)15(23)6-10;1-2/h2-4,6,8-9,12-13,17H,5,7H2,1H3;1-2H3. The average molecular weight is 452 g/mol. The van der Waals surface area contributed by atoms with Crippen LogP contribution in [0.15, 0.2) is 46.2 Å². The van der Waals surface area contributed by atoms with E-state index < -0.39 is 11.6 Å². The fourth-order valence-corrected chi connectivity index (χ4v) is 4.52. The lowest BCUT2D eigenvalue weighted by molar-refractivity contribution is 0.364. The van der Waals surface area contributed by atoms with Crippen molar-refractivity contribution in [1.29, 1.82) is 0 Å². The molecule has 10 heteroatoms. The summed E-state index contributed by atoms with van der Waals surface area (Å²) in [6, 6.07) is 3.98. The summed E-state index contributed by atoms with van der Waals surface area (Å²) in [4.78, 5) is 25.4. The molecule has 1 aromatic carbocycles. The lowest BCUT2D eigenvalue weighted by atomic mass is 10.0. The summed E-state index contributed by atoms with van der Waals surface area (Å²) in [6.45, 7) is 4.12. The van der Waals surface area contributed by atoms with Crippen molar-refractivity contribution >= 4 is 16.7 Å². The van der Waals surface area contributed by atoms with Crippen molar-refractivity contribution in [2.45, 2.75) is 32.7 Å². The van der Waals surface area contributed by atoms with Crippen molar-refractivity contribution in [2.24, 2.45) is 18.9 Å². The van der Waals surface area contributed by atoms with Gasteiger partial charge < -0.3 is 9.09 Å². The summed E-state index contributed by atoms with van der Waals surface area (Å²) in [5.41, 5.74) is 2.29. The van der Waals surface area contributed by atoms with Crippen LogP contribution >= 0.6 is 0 Å². The molecular formula is C23H22F2N6O2. The maximum absolute atomic E-state index is 13.5. The molecule has 170 valence electrons. The molecule has 0 aliphatic heterocycles. The molecule has 0 radical (unpaired) electrons. The zero-order chi connectivity index (χ0) is 23.3. The van der Waals surface area contributed by atoms with E-state index in [4.69, 9.17) is 4.52 Å². The number of nitrogens with zero attached hydrogens (tertiary/aromatic N) is 6. The molecule has 0 spiro atoms. The van der Waals surface area contributed by atoms with Crippen LogP contribution in [0.1, 0.15) is 43.5 Å². The molecule has 8 nitrogen and oxygen atoms in total. The van der Waals surface area contributed by atoms with Crippen LogP contribution in [0, 0.1) is 23.5 Å². The molecule has 0 N–H and O–H groups in total. The van der Waals surface area contributed by atoms with E-state index in [1.165, 1.54) is 17.0 Å². The van der Waals surface area contributed by atoms with E-state index in [0.29, 0.717) is 34.4 Å². The van der Waals surface area contributed by atoms with Gasteiger partial charge in [0.15, 0.2) is 28.6 Å². The van der Waals surface area contributed by atoms with Gasteiger partial charge in [-0.1, -0.05) is 31.1 Å². The molecule has 0 saturated heterocycles. The maximum atomic E-state index is 13.5. The Balaban J connectivity index is 0.00000111. The van der Waals surface area contributed by atoms with Crippen LogP contribution in [0.2, 0.25) is 0 Å². The molecule has 2 aliphatic rings. The van der Waals surface area contributed by atoms with Gasteiger partial charge in [-0.15, -0.1) is 0 Å². The van der Waals surface area contributed by atoms with Gasteiger partial charge in [0, 0.05) is 13.0 Å². The Kier molecular flexibility index (Phi) is 5.15. The van der Waals surface area contributed by atoms with Gasteiger partial charge in [-0.3, -0.25) is 9.36 Å². The Morgan fingerprint density at radius 1 is 1.15 bits per heavy atom. The van der Waals surface area contributed by atoms with Gasteiger partial charge in [0.05, 0.1) is 6.33 Å². The number of benzene rings is 1. The van der Waals surface area contributed by atoms with Crippen molar-refractivity contribution in [3.63, 3.8) is 0 Å². The van der Waals surface area contributed by atoms with Gasteiger partial charge in [-0.2, -0.15) is 4.98 Å². The maximum Gasteiger partial charge on any atom is 0.280 e. The summed E-state index contributed by atoms with van der Waals surface area (Å²) in [7, 11) is 1.74. The van der Waals surface area contributed by atoms with Gasteiger partial charge in [0.1, 0.15) is 12.9 Å². The smallest absolute Gasteiger partial charge is 0.280 e. The quantitative estimate of drug-likeness (QED) is 0.469. The lowest BCUT2D eigenvalue weighted by Gasteiger charge is -2.06. The number of aromatic nitrogens is 6. The van der Waals surface area contributed by atoms with Crippen LogP contribution in [-0.4, -0.2) is 29.2 Å². The molecule has 3 atom stereocenters. The Morgan fingerprint density at radius 3 is 2.67 bits per heavy atom. The Morgan fingerprint density at radius 2 is 1.94 bits per heavy atom. The third-order valence-corrected chi connectivity index (χ3v) is 6.16. The second-order valence-electron chi connectivity index (χ2n) is 8.04. The van der Waals surface area contributed by atoms with E-state index in [-0.39, 0.29) is 23.9 Å². The highest BCUT2D eigenvalue weighted by Crippen LogP contribution is 2.62. The summed E-state index contributed by atoms with van der Waals surface area (Å²) in [6.07, 6.45) is 5.81. The largest absolute Gasteiger partial charge is 0.337 e. The van der Waals surface area contributed by atoms with Crippen molar-refractivity contribution < 1.29 is 13.3 Å². The van der Waals surface area contributed by atoms with Crippen molar-refractivity contribution in [1.82, 2.24) is 29.2 Å². The highest BCUT2D eigenvalue weighted by molar-refractivity contribution is 5.71. The molecular weight excluding hydrogens is 430 g/mol. The molecule has 1 saturated carbocycles. The first-order valence-corrected chi connectivity index (χ1v) is 10.8. The first-order chi connectivity index (χ1) is 16.0. The predicted molar refractivity (Wildman–Crippen MR) is 116 cm³/mol.